The first-order valence-corrected chi connectivity index (χ1v) is 12.5. The van der Waals surface area contributed by atoms with Crippen molar-refractivity contribution < 1.29 is 18.8 Å². The third-order valence-corrected chi connectivity index (χ3v) is 3.96. The maximum Gasteiger partial charge on any atom is 0.217 e. The number of carbonyl (C=O) groups excluding carboxylic acids is 1. The smallest absolute Gasteiger partial charge is 0.217 e. The summed E-state index contributed by atoms with van der Waals surface area (Å²) < 4.78 is 13.8. The summed E-state index contributed by atoms with van der Waals surface area (Å²) in [5, 5.41) is 11.9. The van der Waals surface area contributed by atoms with Crippen LogP contribution in [-0.2, 0) is 18.8 Å². The van der Waals surface area contributed by atoms with Gasteiger partial charge < -0.3 is 15.2 Å². The quantitative estimate of drug-likeness (QED) is 0.407. The van der Waals surface area contributed by atoms with Crippen LogP contribution in [0.1, 0.15) is 52.4 Å². The zero-order chi connectivity index (χ0) is 21.0. The number of fused-ring (bicyclic) bond motifs is 1. The third-order valence-electron chi connectivity index (χ3n) is 3.96. The second-order valence-electron chi connectivity index (χ2n) is 6.04. The lowest BCUT2D eigenvalue weighted by molar-refractivity contribution is -0.120. The first-order valence-electron chi connectivity index (χ1n) is 8.35. The highest BCUT2D eigenvalue weighted by Gasteiger charge is 2.33. The van der Waals surface area contributed by atoms with E-state index in [0.717, 1.165) is 25.2 Å². The van der Waals surface area contributed by atoms with E-state index in [4.69, 9.17) is 43.7 Å². The van der Waals surface area contributed by atoms with Gasteiger partial charge >= 0.3 is 0 Å². The molecule has 2 aliphatic carbocycles. The fourth-order valence-electron chi connectivity index (χ4n) is 3.04. The minimum Gasteiger partial charge on any atom is -0.476 e. The summed E-state index contributed by atoms with van der Waals surface area (Å²) in [6, 6.07) is 0.530. The second kappa shape index (κ2) is 15.4. The zero-order valence-corrected chi connectivity index (χ0v) is 19.6. The lowest BCUT2D eigenvalue weighted by atomic mass is 10.2. The number of aliphatic hydroxyl groups is 1. The maximum absolute atomic E-state index is 10.5. The molecule has 1 heterocycles. The standard InChI is InChI=1S/C7H13NO2.C7H11NO.CHCl3.Cl2OS/c1-5(9)8-6-3-2-4-7(6)10;1-5-8-6-3-2-4-7(6)9-5;2-1(3)4;1-4(2)3/h6-7,10H,2-4H2,1H3,(H,8,9);6-7H,2-4H2,1H3;1H;/t6-,7-;6-,7+;;/m00../s1. The summed E-state index contributed by atoms with van der Waals surface area (Å²) >= 11 is 14.4. The molecule has 27 heavy (non-hydrogen) atoms. The van der Waals surface area contributed by atoms with Crippen molar-refractivity contribution in [3.05, 3.63) is 0 Å². The molecule has 2 N–H and O–H groups in total. The predicted octanol–water partition coefficient (Wildman–Crippen LogP) is 4.42. The van der Waals surface area contributed by atoms with Crippen molar-refractivity contribution in [2.24, 2.45) is 4.99 Å². The SMILES string of the molecule is CC(=O)N[C@H]1CCC[C@@H]1O.CC1=N[C@H]2CCC[C@H]2O1.ClC(Cl)Cl.O=S(Cl)Cl. The Morgan fingerprint density at radius 1 is 1.22 bits per heavy atom. The van der Waals surface area contributed by atoms with Gasteiger partial charge in [0.25, 0.3) is 0 Å². The van der Waals surface area contributed by atoms with Crippen molar-refractivity contribution in [1.29, 1.82) is 0 Å². The van der Waals surface area contributed by atoms with Crippen LogP contribution in [0.3, 0.4) is 0 Å². The van der Waals surface area contributed by atoms with Crippen molar-refractivity contribution in [1.82, 2.24) is 5.32 Å². The fraction of sp³-hybridized carbons (Fsp3) is 0.867. The summed E-state index contributed by atoms with van der Waals surface area (Å²) in [5.41, 5.74) is 0. The van der Waals surface area contributed by atoms with Crippen LogP contribution in [-0.4, -0.2) is 49.7 Å². The molecule has 2 fully saturated rings. The van der Waals surface area contributed by atoms with E-state index in [1.54, 1.807) is 0 Å². The Hall–Kier alpha value is 0.500. The lowest BCUT2D eigenvalue weighted by Crippen LogP contribution is -2.38. The van der Waals surface area contributed by atoms with Crippen LogP contribution in [0.2, 0.25) is 0 Å². The van der Waals surface area contributed by atoms with Gasteiger partial charge in [0.05, 0.1) is 18.2 Å². The third kappa shape index (κ3) is 15.1. The Balaban J connectivity index is 0.000000365. The minimum absolute atomic E-state index is 0.0116. The van der Waals surface area contributed by atoms with Crippen LogP contribution in [0.15, 0.2) is 4.99 Å². The lowest BCUT2D eigenvalue weighted by Gasteiger charge is -2.14. The van der Waals surface area contributed by atoms with Crippen LogP contribution in [0.4, 0.5) is 0 Å². The molecule has 0 aromatic heterocycles. The average molecular weight is 507 g/mol. The highest BCUT2D eigenvalue weighted by molar-refractivity contribution is 8.26. The number of nitrogens with one attached hydrogen (secondary N) is 1. The van der Waals surface area contributed by atoms with Gasteiger partial charge in [0.2, 0.25) is 15.1 Å². The molecule has 1 amide bonds. The summed E-state index contributed by atoms with van der Waals surface area (Å²) in [4.78, 5) is 14.9. The van der Waals surface area contributed by atoms with Crippen LogP contribution >= 0.6 is 56.2 Å². The Bertz CT molecular complexity index is 492. The molecule has 0 saturated heterocycles. The molecule has 0 unspecified atom stereocenters. The highest BCUT2D eigenvalue weighted by atomic mass is 36.0. The van der Waals surface area contributed by atoms with Gasteiger partial charge in [-0.3, -0.25) is 4.79 Å². The van der Waals surface area contributed by atoms with Gasteiger partial charge in [-0.25, -0.2) is 9.20 Å². The molecule has 2 saturated carbocycles. The zero-order valence-electron chi connectivity index (χ0n) is 15.0. The van der Waals surface area contributed by atoms with Crippen molar-refractivity contribution in [3.8, 4) is 0 Å². The summed E-state index contributed by atoms with van der Waals surface area (Å²) in [6.45, 7) is 3.42. The molecule has 0 aromatic rings. The average Bonchev–Trinajstić information content (AvgIpc) is 3.15. The molecule has 4 atom stereocenters. The molecule has 3 rings (SSSR count). The molecule has 1 aliphatic heterocycles. The number of carbonyl (C=O) groups is 1. The number of hydrogen-bond acceptors (Lipinski definition) is 5. The molecule has 12 heteroatoms. The fourth-order valence-corrected chi connectivity index (χ4v) is 3.04. The van der Waals surface area contributed by atoms with Crippen molar-refractivity contribution in [2.45, 2.75) is 81.0 Å². The number of hydrogen-bond donors (Lipinski definition) is 2. The van der Waals surface area contributed by atoms with Crippen molar-refractivity contribution in [3.63, 3.8) is 0 Å². The molecular weight excluding hydrogens is 482 g/mol. The van der Waals surface area contributed by atoms with Crippen LogP contribution in [0, 0.1) is 0 Å². The summed E-state index contributed by atoms with van der Waals surface area (Å²) in [7, 11) is 7.36. The Kier molecular flexibility index (Phi) is 15.6. The number of aliphatic hydroxyl groups excluding tert-OH is 1. The van der Waals surface area contributed by atoms with Crippen LogP contribution in [0.5, 0.6) is 0 Å². The van der Waals surface area contributed by atoms with Gasteiger partial charge in [0, 0.05) is 35.2 Å². The van der Waals surface area contributed by atoms with E-state index in [1.807, 2.05) is 6.92 Å². The number of alkyl halides is 3. The number of halogens is 5. The van der Waals surface area contributed by atoms with E-state index >= 15 is 0 Å². The molecule has 6 nitrogen and oxygen atoms in total. The van der Waals surface area contributed by atoms with Gasteiger partial charge in [0.1, 0.15) is 6.10 Å². The van der Waals surface area contributed by atoms with E-state index in [2.05, 4.69) is 31.7 Å². The van der Waals surface area contributed by atoms with E-state index in [-0.39, 0.29) is 18.1 Å². The van der Waals surface area contributed by atoms with E-state index < -0.39 is 13.5 Å². The van der Waals surface area contributed by atoms with Crippen molar-refractivity contribution in [2.75, 3.05) is 0 Å². The minimum atomic E-state index is -1.67. The maximum atomic E-state index is 10.5. The van der Waals surface area contributed by atoms with Gasteiger partial charge in [-0.1, -0.05) is 34.8 Å². The number of aliphatic imine (C=N–C) groups is 1. The first-order chi connectivity index (χ1) is 12.5. The molecule has 3 aliphatic rings. The number of rotatable bonds is 1. The van der Waals surface area contributed by atoms with E-state index in [0.29, 0.717) is 12.1 Å². The normalized spacial score (nSPS) is 27.9. The number of amides is 1. The van der Waals surface area contributed by atoms with Gasteiger partial charge in [-0.2, -0.15) is 0 Å². The van der Waals surface area contributed by atoms with Gasteiger partial charge in [-0.05, 0) is 38.5 Å². The molecule has 0 radical (unpaired) electrons. The topological polar surface area (TPSA) is 88.0 Å². The first kappa shape index (κ1) is 27.5. The number of nitrogens with zero attached hydrogens (tertiary/aromatic N) is 1. The molecule has 160 valence electrons. The summed E-state index contributed by atoms with van der Waals surface area (Å²) in [6.07, 6.45) is 6.64. The molecule has 0 spiro atoms. The van der Waals surface area contributed by atoms with E-state index in [9.17, 15) is 9.90 Å². The van der Waals surface area contributed by atoms with Crippen LogP contribution in [0.25, 0.3) is 0 Å². The Morgan fingerprint density at radius 2 is 1.74 bits per heavy atom. The summed E-state index contributed by atoms with van der Waals surface area (Å²) in [5.74, 6) is 0.843. The van der Waals surface area contributed by atoms with Gasteiger partial charge in [0.15, 0.2) is 10.2 Å². The Morgan fingerprint density at radius 3 is 2.15 bits per heavy atom. The molecular formula is C15H25Cl5N2O4S. The molecule has 0 aromatic carbocycles. The largest absolute Gasteiger partial charge is 0.476 e. The van der Waals surface area contributed by atoms with Crippen molar-refractivity contribution >= 4 is 77.2 Å². The number of ether oxygens (including phenoxy) is 1. The van der Waals surface area contributed by atoms with Crippen LogP contribution < -0.4 is 5.32 Å². The van der Waals surface area contributed by atoms with E-state index in [1.165, 1.54) is 26.2 Å². The predicted molar refractivity (Wildman–Crippen MR) is 114 cm³/mol. The monoisotopic (exact) mass is 504 g/mol. The van der Waals surface area contributed by atoms with Gasteiger partial charge in [-0.15, -0.1) is 0 Å². The molecule has 0 bridgehead atoms. The highest BCUT2D eigenvalue weighted by Crippen LogP contribution is 2.29. The Labute approximate surface area is 186 Å². The second-order valence-corrected chi connectivity index (χ2v) is 10.5.